The van der Waals surface area contributed by atoms with Gasteiger partial charge in [0.1, 0.15) is 0 Å². The summed E-state index contributed by atoms with van der Waals surface area (Å²) < 4.78 is 0. The maximum absolute atomic E-state index is 2.62. The molecule has 0 amide bonds. The lowest BCUT2D eigenvalue weighted by Crippen LogP contribution is -2.22. The molecule has 0 saturated heterocycles. The van der Waals surface area contributed by atoms with E-state index in [2.05, 4.69) is 217 Å². The first kappa shape index (κ1) is 41.1. The van der Waals surface area contributed by atoms with Crippen LogP contribution in [0.4, 0.5) is 17.1 Å². The number of fused-ring (bicyclic) bond motifs is 16. The summed E-state index contributed by atoms with van der Waals surface area (Å²) in [7, 11) is 0. The van der Waals surface area contributed by atoms with Crippen LogP contribution >= 0.6 is 0 Å². The van der Waals surface area contributed by atoms with E-state index in [1.807, 2.05) is 0 Å². The fourth-order valence-electron chi connectivity index (χ4n) is 14.7. The monoisotopic (exact) mass is 909 g/mol. The molecule has 10 aromatic carbocycles. The second-order valence-corrected chi connectivity index (χ2v) is 21.2. The van der Waals surface area contributed by atoms with Crippen molar-refractivity contribution in [3.63, 3.8) is 0 Å². The molecule has 0 atom stereocenters. The van der Waals surface area contributed by atoms with Crippen molar-refractivity contribution in [3.05, 3.63) is 240 Å². The third-order valence-electron chi connectivity index (χ3n) is 17.7. The van der Waals surface area contributed by atoms with Gasteiger partial charge < -0.3 is 4.90 Å². The van der Waals surface area contributed by atoms with Gasteiger partial charge in [-0.3, -0.25) is 0 Å². The van der Waals surface area contributed by atoms with Crippen LogP contribution in [0.15, 0.2) is 212 Å². The Bertz CT molecular complexity index is 3760. The fraction of sp³-hybridized carbons (Fsp3) is 0.171. The van der Waals surface area contributed by atoms with Crippen molar-refractivity contribution in [2.75, 3.05) is 4.90 Å². The minimum atomic E-state index is 0.0601. The zero-order valence-corrected chi connectivity index (χ0v) is 40.2. The third-order valence-corrected chi connectivity index (χ3v) is 17.7. The number of nitrogens with zero attached hydrogens (tertiary/aromatic N) is 1. The fourth-order valence-corrected chi connectivity index (χ4v) is 14.7. The van der Waals surface area contributed by atoms with Crippen LogP contribution < -0.4 is 4.90 Å². The Labute approximate surface area is 417 Å². The molecule has 2 fully saturated rings. The number of hydrogen-bond acceptors (Lipinski definition) is 1. The zero-order chi connectivity index (χ0) is 46.7. The second-order valence-electron chi connectivity index (χ2n) is 21.2. The molecule has 2 saturated carbocycles. The molecule has 15 rings (SSSR count). The van der Waals surface area contributed by atoms with Crippen molar-refractivity contribution in [1.82, 2.24) is 0 Å². The highest BCUT2D eigenvalue weighted by atomic mass is 15.1. The van der Waals surface area contributed by atoms with E-state index >= 15 is 0 Å². The maximum atomic E-state index is 2.62. The Hall–Kier alpha value is -7.74. The molecular weight excluding hydrogens is 855 g/mol. The van der Waals surface area contributed by atoms with Crippen LogP contribution in [0.25, 0.3) is 82.4 Å². The molecule has 0 unspecified atom stereocenters. The van der Waals surface area contributed by atoms with E-state index in [0.29, 0.717) is 0 Å². The van der Waals surface area contributed by atoms with Crippen LogP contribution in [0.1, 0.15) is 92.0 Å². The van der Waals surface area contributed by atoms with Crippen LogP contribution in [0.2, 0.25) is 0 Å². The number of benzene rings is 10. The first-order valence-corrected chi connectivity index (χ1v) is 26.4. The van der Waals surface area contributed by atoms with Gasteiger partial charge in [0.2, 0.25) is 0 Å². The highest BCUT2D eigenvalue weighted by Crippen LogP contribution is 2.60. The summed E-state index contributed by atoms with van der Waals surface area (Å²) in [4.78, 5) is 2.62. The lowest BCUT2D eigenvalue weighted by atomic mass is 9.76. The minimum absolute atomic E-state index is 0.0601. The lowest BCUT2D eigenvalue weighted by Gasteiger charge is -2.32. The highest BCUT2D eigenvalue weighted by Gasteiger charge is 2.47. The normalized spacial score (nSPS) is 16.7. The Balaban J connectivity index is 1.03. The van der Waals surface area contributed by atoms with Gasteiger partial charge in [-0.05, 0) is 191 Å². The van der Waals surface area contributed by atoms with Crippen molar-refractivity contribution >= 4 is 55.0 Å². The molecule has 340 valence electrons. The summed E-state index contributed by atoms with van der Waals surface area (Å²) in [5.41, 5.74) is 23.2. The maximum Gasteiger partial charge on any atom is 0.0468 e. The van der Waals surface area contributed by atoms with Crippen molar-refractivity contribution < 1.29 is 0 Å². The van der Waals surface area contributed by atoms with Gasteiger partial charge in [0.05, 0.1) is 0 Å². The minimum Gasteiger partial charge on any atom is -0.310 e. The Kier molecular flexibility index (Phi) is 9.19. The highest BCUT2D eigenvalue weighted by molar-refractivity contribution is 6.33. The second kappa shape index (κ2) is 15.9. The first-order chi connectivity index (χ1) is 35.2. The van der Waals surface area contributed by atoms with Gasteiger partial charge >= 0.3 is 0 Å². The summed E-state index contributed by atoms with van der Waals surface area (Å²) in [5, 5.41) is 7.75. The Morgan fingerprint density at radius 3 is 1.45 bits per heavy atom. The number of hydrogen-bond donors (Lipinski definition) is 0. The molecule has 10 aromatic rings. The van der Waals surface area contributed by atoms with Gasteiger partial charge in [-0.15, -0.1) is 0 Å². The SMILES string of the molecule is C1=CC(c2cc(-c3ccccc3)c3c4ccccc4c4cc(N(c5ccc6c(c5)C5(CCCC5)c5ccccc5-6)c5ccc6c(c5)C5(CCCC5)c5ccccc5-6)ccc4c3c2-c2ccccc2)=CCC1. The van der Waals surface area contributed by atoms with Gasteiger partial charge in [-0.2, -0.15) is 0 Å². The zero-order valence-electron chi connectivity index (χ0n) is 40.2. The smallest absolute Gasteiger partial charge is 0.0468 e. The molecule has 0 aromatic heterocycles. The molecule has 0 bridgehead atoms. The van der Waals surface area contributed by atoms with E-state index in [-0.39, 0.29) is 10.8 Å². The standard InChI is InChI=1S/C70H55N/c1-4-20-46(21-5-1)59-45-60(47-22-6-2-7-23-47)67-57-29-11-10-26-52(57)61-42-49(34-37-58(61)68(67)66(59)48-24-8-3-9-25-48)71(50-32-35-55-53-27-12-14-30-62(53)69(64(55)43-50)38-16-17-39-69)51-33-36-56-54-28-13-15-31-63(54)70(65(56)44-51)40-18-19-41-70/h2-4,6-15,20-37,42-45H,1,5,16-19,38-41H2. The number of rotatable bonds is 6. The molecule has 5 aliphatic carbocycles. The van der Waals surface area contributed by atoms with Gasteiger partial charge in [0.15, 0.2) is 0 Å². The van der Waals surface area contributed by atoms with E-state index in [0.717, 1.165) is 12.8 Å². The average molecular weight is 910 g/mol. The van der Waals surface area contributed by atoms with Crippen molar-refractivity contribution in [2.24, 2.45) is 0 Å². The molecule has 5 aliphatic rings. The van der Waals surface area contributed by atoms with Crippen LogP contribution in [-0.2, 0) is 10.8 Å². The molecular formula is C70H55N. The summed E-state index contributed by atoms with van der Waals surface area (Å²) >= 11 is 0. The molecule has 0 radical (unpaired) electrons. The Morgan fingerprint density at radius 2 is 0.845 bits per heavy atom. The van der Waals surface area contributed by atoms with Crippen molar-refractivity contribution in [3.8, 4) is 44.5 Å². The van der Waals surface area contributed by atoms with Gasteiger partial charge in [0, 0.05) is 27.9 Å². The first-order valence-electron chi connectivity index (χ1n) is 26.4. The van der Waals surface area contributed by atoms with E-state index < -0.39 is 0 Å². The van der Waals surface area contributed by atoms with E-state index in [1.54, 1.807) is 0 Å². The van der Waals surface area contributed by atoms with E-state index in [1.165, 1.54) is 179 Å². The molecule has 1 nitrogen and oxygen atoms in total. The molecule has 2 spiro atoms. The molecule has 0 N–H and O–H groups in total. The molecule has 0 aliphatic heterocycles. The quantitative estimate of drug-likeness (QED) is 0.150. The predicted octanol–water partition coefficient (Wildman–Crippen LogP) is 19.4. The van der Waals surface area contributed by atoms with Crippen LogP contribution in [0, 0.1) is 0 Å². The van der Waals surface area contributed by atoms with Gasteiger partial charge in [-0.25, -0.2) is 0 Å². The van der Waals surface area contributed by atoms with Crippen LogP contribution in [0.3, 0.4) is 0 Å². The summed E-state index contributed by atoms with van der Waals surface area (Å²) in [6.45, 7) is 0. The Morgan fingerprint density at radius 1 is 0.338 bits per heavy atom. The molecule has 71 heavy (non-hydrogen) atoms. The van der Waals surface area contributed by atoms with E-state index in [9.17, 15) is 0 Å². The summed E-state index contributed by atoms with van der Waals surface area (Å²) in [6.07, 6.45) is 19.2. The van der Waals surface area contributed by atoms with Gasteiger partial charge in [-0.1, -0.05) is 196 Å². The van der Waals surface area contributed by atoms with Crippen molar-refractivity contribution in [2.45, 2.75) is 75.0 Å². The molecule has 0 heterocycles. The van der Waals surface area contributed by atoms with Crippen LogP contribution in [0.5, 0.6) is 0 Å². The number of allylic oxidation sites excluding steroid dienone is 4. The third kappa shape index (κ3) is 5.99. The predicted molar refractivity (Wildman–Crippen MR) is 300 cm³/mol. The van der Waals surface area contributed by atoms with Crippen molar-refractivity contribution in [1.29, 1.82) is 0 Å². The topological polar surface area (TPSA) is 3.24 Å². The summed E-state index contributed by atoms with van der Waals surface area (Å²) in [5.74, 6) is 0. The molecule has 1 heteroatoms. The van der Waals surface area contributed by atoms with Gasteiger partial charge in [0.25, 0.3) is 0 Å². The van der Waals surface area contributed by atoms with E-state index in [4.69, 9.17) is 0 Å². The largest absolute Gasteiger partial charge is 0.310 e. The lowest BCUT2D eigenvalue weighted by molar-refractivity contribution is 0.549. The summed E-state index contributed by atoms with van der Waals surface area (Å²) in [6, 6.07) is 75.1. The number of anilines is 3. The average Bonchev–Trinajstić information content (AvgIpc) is 4.25. The van der Waals surface area contributed by atoms with Crippen LogP contribution in [-0.4, -0.2) is 0 Å².